The summed E-state index contributed by atoms with van der Waals surface area (Å²) in [4.78, 5) is 4.44. The molecule has 2 aromatic heterocycles. The molecule has 0 N–H and O–H groups in total. The maximum atomic E-state index is 4.44. The number of aryl methyl sites for hydroxylation is 1. The molecule has 0 spiro atoms. The van der Waals surface area contributed by atoms with E-state index in [0.717, 1.165) is 5.69 Å². The fourth-order valence-electron chi connectivity index (χ4n) is 2.86. The predicted molar refractivity (Wildman–Crippen MR) is 73.7 cm³/mol. The molecule has 0 fully saturated rings. The lowest BCUT2D eigenvalue weighted by Gasteiger charge is -2.13. The highest BCUT2D eigenvalue weighted by Gasteiger charge is 2.18. The molecule has 2 heterocycles. The Balaban J connectivity index is 2.88. The molecule has 2 aromatic rings. The molecule has 0 aliphatic heterocycles. The van der Waals surface area contributed by atoms with Crippen molar-refractivity contribution >= 4 is 10.9 Å². The van der Waals surface area contributed by atoms with Crippen LogP contribution in [0.4, 0.5) is 0 Å². The summed E-state index contributed by atoms with van der Waals surface area (Å²) in [6.45, 7) is 13.3. The molecular weight excluding hydrogens is 208 g/mol. The minimum absolute atomic E-state index is 0.481. The largest absolute Gasteiger partial charge is 0.341 e. The van der Waals surface area contributed by atoms with Gasteiger partial charge in [0.25, 0.3) is 0 Å². The smallest absolute Gasteiger partial charge is 0.0674 e. The molecule has 2 rings (SSSR count). The molecular formula is C15H22N2. The third kappa shape index (κ3) is 1.86. The quantitative estimate of drug-likeness (QED) is 0.749. The highest BCUT2D eigenvalue weighted by Crippen LogP contribution is 2.33. The van der Waals surface area contributed by atoms with Gasteiger partial charge < -0.3 is 4.57 Å². The highest BCUT2D eigenvalue weighted by molar-refractivity contribution is 5.86. The Hall–Kier alpha value is -1.31. The summed E-state index contributed by atoms with van der Waals surface area (Å²) >= 11 is 0. The van der Waals surface area contributed by atoms with Crippen molar-refractivity contribution in [1.82, 2.24) is 9.55 Å². The third-order valence-corrected chi connectivity index (χ3v) is 3.41. The van der Waals surface area contributed by atoms with E-state index in [-0.39, 0.29) is 0 Å². The van der Waals surface area contributed by atoms with Crippen molar-refractivity contribution in [2.75, 3.05) is 0 Å². The Morgan fingerprint density at radius 3 is 2.29 bits per heavy atom. The number of hydrogen-bond donors (Lipinski definition) is 0. The van der Waals surface area contributed by atoms with Gasteiger partial charge in [0.05, 0.1) is 11.7 Å². The van der Waals surface area contributed by atoms with Crippen LogP contribution in [0.2, 0.25) is 0 Å². The molecule has 0 saturated heterocycles. The van der Waals surface area contributed by atoms with Crippen LogP contribution in [0.1, 0.15) is 56.6 Å². The molecule has 0 aliphatic carbocycles. The van der Waals surface area contributed by atoms with Crippen LogP contribution >= 0.6 is 0 Å². The van der Waals surface area contributed by atoms with Crippen molar-refractivity contribution in [3.05, 3.63) is 29.2 Å². The minimum Gasteiger partial charge on any atom is -0.341 e. The second kappa shape index (κ2) is 4.17. The van der Waals surface area contributed by atoms with Crippen LogP contribution in [-0.4, -0.2) is 9.55 Å². The Labute approximate surface area is 104 Å². The van der Waals surface area contributed by atoms with Gasteiger partial charge in [0.2, 0.25) is 0 Å². The Morgan fingerprint density at radius 2 is 1.76 bits per heavy atom. The monoisotopic (exact) mass is 230 g/mol. The number of nitrogens with zero attached hydrogens (tertiary/aromatic N) is 2. The van der Waals surface area contributed by atoms with Crippen LogP contribution < -0.4 is 0 Å². The Kier molecular flexibility index (Phi) is 2.98. The van der Waals surface area contributed by atoms with E-state index in [9.17, 15) is 0 Å². The van der Waals surface area contributed by atoms with E-state index >= 15 is 0 Å². The van der Waals surface area contributed by atoms with Crippen LogP contribution in [0.3, 0.4) is 0 Å². The third-order valence-electron chi connectivity index (χ3n) is 3.41. The summed E-state index contributed by atoms with van der Waals surface area (Å²) < 4.78 is 2.40. The fraction of sp³-hybridized carbons (Fsp3) is 0.533. The molecule has 0 radical (unpaired) electrons. The lowest BCUT2D eigenvalue weighted by Crippen LogP contribution is -2.03. The molecule has 0 amide bonds. The second-order valence-electron chi connectivity index (χ2n) is 5.46. The van der Waals surface area contributed by atoms with Gasteiger partial charge in [-0.2, -0.15) is 0 Å². The first-order valence-electron chi connectivity index (χ1n) is 6.40. The number of pyridine rings is 1. The van der Waals surface area contributed by atoms with Crippen molar-refractivity contribution in [3.8, 4) is 0 Å². The van der Waals surface area contributed by atoms with Crippen molar-refractivity contribution < 1.29 is 0 Å². The van der Waals surface area contributed by atoms with Gasteiger partial charge in [-0.1, -0.05) is 13.8 Å². The lowest BCUT2D eigenvalue weighted by molar-refractivity contribution is 0.602. The van der Waals surface area contributed by atoms with Gasteiger partial charge in [-0.3, -0.25) is 4.98 Å². The van der Waals surface area contributed by atoms with E-state index in [1.807, 2.05) is 6.20 Å². The Morgan fingerprint density at radius 1 is 1.12 bits per heavy atom. The molecule has 0 aromatic carbocycles. The van der Waals surface area contributed by atoms with Crippen molar-refractivity contribution in [1.29, 1.82) is 0 Å². The second-order valence-corrected chi connectivity index (χ2v) is 5.46. The lowest BCUT2D eigenvalue weighted by atomic mass is 10.00. The summed E-state index contributed by atoms with van der Waals surface area (Å²) in [6.07, 6.45) is 2.02. The van der Waals surface area contributed by atoms with Crippen LogP contribution in [0.25, 0.3) is 10.9 Å². The van der Waals surface area contributed by atoms with Gasteiger partial charge in [0.15, 0.2) is 0 Å². The minimum atomic E-state index is 0.481. The first-order valence-corrected chi connectivity index (χ1v) is 6.40. The zero-order chi connectivity index (χ0) is 12.7. The maximum Gasteiger partial charge on any atom is 0.0674 e. The fourth-order valence-corrected chi connectivity index (χ4v) is 2.86. The average molecular weight is 230 g/mol. The van der Waals surface area contributed by atoms with Crippen LogP contribution in [0, 0.1) is 13.8 Å². The zero-order valence-electron chi connectivity index (χ0n) is 11.7. The van der Waals surface area contributed by atoms with Gasteiger partial charge >= 0.3 is 0 Å². The average Bonchev–Trinajstić information content (AvgIpc) is 2.48. The van der Waals surface area contributed by atoms with Crippen molar-refractivity contribution in [2.24, 2.45) is 0 Å². The summed E-state index contributed by atoms with van der Waals surface area (Å²) in [5.74, 6) is 0.555. The summed E-state index contributed by atoms with van der Waals surface area (Å²) in [5.41, 5.74) is 5.23. The van der Waals surface area contributed by atoms with Crippen LogP contribution in [-0.2, 0) is 0 Å². The number of fused-ring (bicyclic) bond motifs is 1. The topological polar surface area (TPSA) is 17.8 Å². The normalized spacial score (nSPS) is 12.0. The number of rotatable bonds is 2. The first-order chi connectivity index (χ1) is 7.93. The molecule has 0 bridgehead atoms. The van der Waals surface area contributed by atoms with E-state index in [2.05, 4.69) is 57.2 Å². The molecule has 0 atom stereocenters. The summed E-state index contributed by atoms with van der Waals surface area (Å²) in [6, 6.07) is 2.70. The van der Waals surface area contributed by atoms with E-state index in [0.29, 0.717) is 12.0 Å². The van der Waals surface area contributed by atoms with Crippen molar-refractivity contribution in [3.63, 3.8) is 0 Å². The predicted octanol–water partition coefficient (Wildman–Crippen LogP) is 4.36. The van der Waals surface area contributed by atoms with Crippen LogP contribution in [0.15, 0.2) is 12.3 Å². The van der Waals surface area contributed by atoms with Crippen molar-refractivity contribution in [2.45, 2.75) is 53.5 Å². The summed E-state index contributed by atoms with van der Waals surface area (Å²) in [7, 11) is 0. The van der Waals surface area contributed by atoms with Gasteiger partial charge in [0.1, 0.15) is 0 Å². The molecule has 17 heavy (non-hydrogen) atoms. The molecule has 0 aliphatic rings. The highest BCUT2D eigenvalue weighted by atomic mass is 15.0. The van der Waals surface area contributed by atoms with E-state index < -0.39 is 0 Å². The van der Waals surface area contributed by atoms with Gasteiger partial charge in [-0.25, -0.2) is 0 Å². The van der Waals surface area contributed by atoms with Gasteiger partial charge in [-0.15, -0.1) is 0 Å². The molecule has 2 heteroatoms. The van der Waals surface area contributed by atoms with E-state index in [1.54, 1.807) is 0 Å². The molecule has 2 nitrogen and oxygen atoms in total. The van der Waals surface area contributed by atoms with E-state index in [4.69, 9.17) is 0 Å². The number of aromatic nitrogens is 2. The molecule has 0 unspecified atom stereocenters. The van der Waals surface area contributed by atoms with Crippen LogP contribution in [0.5, 0.6) is 0 Å². The standard InChI is InChI=1S/C15H22N2/c1-9(2)15-12(6)17(10(3)4)14-8-16-11(5)7-13(14)15/h7-10H,1-6H3. The SMILES string of the molecule is Cc1cc2c(C(C)C)c(C)n(C(C)C)c2cn1. The van der Waals surface area contributed by atoms with Gasteiger partial charge in [-0.05, 0) is 45.2 Å². The first kappa shape index (κ1) is 12.2. The Bertz CT molecular complexity index is 548. The summed E-state index contributed by atoms with van der Waals surface area (Å²) in [5, 5.41) is 1.37. The van der Waals surface area contributed by atoms with E-state index in [1.165, 1.54) is 22.2 Å². The molecule has 92 valence electrons. The van der Waals surface area contributed by atoms with Gasteiger partial charge in [0, 0.05) is 22.8 Å². The molecule has 0 saturated carbocycles. The zero-order valence-corrected chi connectivity index (χ0v) is 11.7. The maximum absolute atomic E-state index is 4.44. The number of hydrogen-bond acceptors (Lipinski definition) is 1.